The van der Waals surface area contributed by atoms with Crippen LogP contribution in [0.3, 0.4) is 0 Å². The number of benzene rings is 1. The summed E-state index contributed by atoms with van der Waals surface area (Å²) in [5.41, 5.74) is 0.257. The first kappa shape index (κ1) is 20.8. The molecule has 1 N–H and O–H groups in total. The van der Waals surface area contributed by atoms with Crippen LogP contribution < -0.4 is 5.32 Å². The number of halogens is 1. The molecule has 0 aliphatic carbocycles. The molecule has 1 aliphatic rings. The third-order valence-electron chi connectivity index (χ3n) is 3.89. The number of carbonyl (C=O) groups is 1. The summed E-state index contributed by atoms with van der Waals surface area (Å²) >= 11 is 4.09. The topological polar surface area (TPSA) is 98.0 Å². The second-order valence-electron chi connectivity index (χ2n) is 6.29. The van der Waals surface area contributed by atoms with E-state index in [9.17, 15) is 9.18 Å². The van der Waals surface area contributed by atoms with Gasteiger partial charge < -0.3 is 0 Å². The Morgan fingerprint density at radius 2 is 2.03 bits per heavy atom. The van der Waals surface area contributed by atoms with E-state index >= 15 is 0 Å². The molecule has 12 heteroatoms. The minimum absolute atomic E-state index is 0.164. The predicted octanol–water partition coefficient (Wildman–Crippen LogP) is 3.27. The van der Waals surface area contributed by atoms with Crippen molar-refractivity contribution >= 4 is 46.4 Å². The van der Waals surface area contributed by atoms with Crippen LogP contribution in [0.2, 0.25) is 0 Å². The van der Waals surface area contributed by atoms with Crippen molar-refractivity contribution < 1.29 is 9.18 Å². The van der Waals surface area contributed by atoms with Gasteiger partial charge in [-0.25, -0.2) is 14.1 Å². The number of aromatic nitrogens is 5. The first-order valence-corrected chi connectivity index (χ1v) is 11.5. The molecule has 30 heavy (non-hydrogen) atoms. The molecule has 0 saturated heterocycles. The van der Waals surface area contributed by atoms with E-state index in [1.54, 1.807) is 25.2 Å². The van der Waals surface area contributed by atoms with E-state index in [1.807, 2.05) is 13.0 Å². The van der Waals surface area contributed by atoms with Gasteiger partial charge in [-0.1, -0.05) is 23.5 Å². The van der Waals surface area contributed by atoms with E-state index in [2.05, 4.69) is 30.8 Å². The zero-order chi connectivity index (χ0) is 21.1. The van der Waals surface area contributed by atoms with Gasteiger partial charge in [-0.05, 0) is 65.5 Å². The highest BCUT2D eigenvalue weighted by Gasteiger charge is 2.21. The summed E-state index contributed by atoms with van der Waals surface area (Å²) < 4.78 is 14.8. The Kier molecular flexibility index (Phi) is 6.35. The molecule has 1 unspecified atom stereocenters. The SMILES string of the molecule is CC1CSC(NC(=O)c2nc(Sc3nnnn3C)ccc2Sc2ccc(F)cc2)=N1. The number of aryl methyl sites for hydroxylation is 1. The number of tetrazole rings is 1. The van der Waals surface area contributed by atoms with Crippen molar-refractivity contribution in [1.82, 2.24) is 30.5 Å². The Balaban J connectivity index is 1.63. The fourth-order valence-corrected chi connectivity index (χ4v) is 4.96. The maximum absolute atomic E-state index is 13.2. The molecule has 0 fully saturated rings. The van der Waals surface area contributed by atoms with Crippen LogP contribution in [0.5, 0.6) is 0 Å². The third kappa shape index (κ3) is 4.99. The molecule has 3 aromatic rings. The van der Waals surface area contributed by atoms with Gasteiger partial charge >= 0.3 is 0 Å². The molecular weight excluding hydrogens is 445 g/mol. The Morgan fingerprint density at radius 3 is 2.70 bits per heavy atom. The first-order valence-electron chi connectivity index (χ1n) is 8.84. The number of aliphatic imine (C=N–C) groups is 1. The molecule has 1 atom stereocenters. The average Bonchev–Trinajstić information content (AvgIpc) is 3.32. The number of carbonyl (C=O) groups excluding carboxylic acids is 1. The highest BCUT2D eigenvalue weighted by atomic mass is 32.2. The van der Waals surface area contributed by atoms with Crippen LogP contribution in [0.1, 0.15) is 17.4 Å². The molecule has 1 aliphatic heterocycles. The van der Waals surface area contributed by atoms with Crippen molar-refractivity contribution in [3.05, 3.63) is 47.9 Å². The number of nitrogens with zero attached hydrogens (tertiary/aromatic N) is 6. The number of nitrogens with one attached hydrogen (secondary N) is 1. The summed E-state index contributed by atoms with van der Waals surface area (Å²) in [6.07, 6.45) is 0. The number of amides is 1. The quantitative estimate of drug-likeness (QED) is 0.618. The molecule has 154 valence electrons. The van der Waals surface area contributed by atoms with Crippen molar-refractivity contribution in [3.8, 4) is 0 Å². The second-order valence-corrected chi connectivity index (χ2v) is 9.40. The van der Waals surface area contributed by atoms with E-state index in [4.69, 9.17) is 0 Å². The number of hydrogen-bond acceptors (Lipinski definition) is 9. The summed E-state index contributed by atoms with van der Waals surface area (Å²) in [4.78, 5) is 23.4. The van der Waals surface area contributed by atoms with E-state index in [-0.39, 0.29) is 23.5 Å². The lowest BCUT2D eigenvalue weighted by Gasteiger charge is -2.10. The summed E-state index contributed by atoms with van der Waals surface area (Å²) in [5.74, 6) is 0.165. The molecule has 0 saturated carbocycles. The Bertz CT molecular complexity index is 1100. The lowest BCUT2D eigenvalue weighted by molar-refractivity contribution is 0.0969. The first-order chi connectivity index (χ1) is 14.5. The van der Waals surface area contributed by atoms with Gasteiger partial charge in [-0.3, -0.25) is 15.1 Å². The van der Waals surface area contributed by atoms with Gasteiger partial charge in [0, 0.05) is 22.6 Å². The number of pyridine rings is 1. The summed E-state index contributed by atoms with van der Waals surface area (Å²) in [6, 6.07) is 9.86. The smallest absolute Gasteiger partial charge is 0.277 e. The van der Waals surface area contributed by atoms with Crippen molar-refractivity contribution in [2.75, 3.05) is 5.75 Å². The lowest BCUT2D eigenvalue weighted by atomic mass is 10.3. The fraction of sp³-hybridized carbons (Fsp3) is 0.222. The van der Waals surface area contributed by atoms with Gasteiger partial charge in [0.15, 0.2) is 5.17 Å². The van der Waals surface area contributed by atoms with E-state index in [1.165, 1.54) is 52.1 Å². The number of rotatable bonds is 5. The zero-order valence-electron chi connectivity index (χ0n) is 15.9. The number of hydrogen-bond donors (Lipinski definition) is 1. The molecule has 0 bridgehead atoms. The van der Waals surface area contributed by atoms with Crippen LogP contribution in [0, 0.1) is 5.82 Å². The standard InChI is InChI=1S/C18H16FN7OS3/c1-10-9-28-17(20-10)22-16(27)15-13(29-12-5-3-11(19)4-6-12)7-8-14(21-15)30-18-23-24-25-26(18)2/h3-8,10H,9H2,1-2H3,(H,20,22,27). The van der Waals surface area contributed by atoms with Crippen molar-refractivity contribution in [2.45, 2.75) is 32.9 Å². The van der Waals surface area contributed by atoms with Gasteiger partial charge in [-0.2, -0.15) is 0 Å². The lowest BCUT2D eigenvalue weighted by Crippen LogP contribution is -2.28. The molecule has 8 nitrogen and oxygen atoms in total. The van der Waals surface area contributed by atoms with Gasteiger partial charge in [-0.15, -0.1) is 5.10 Å². The molecule has 3 heterocycles. The third-order valence-corrected chi connectivity index (χ3v) is 7.04. The minimum atomic E-state index is -0.349. The Morgan fingerprint density at radius 1 is 1.23 bits per heavy atom. The van der Waals surface area contributed by atoms with Crippen molar-refractivity contribution in [3.63, 3.8) is 0 Å². The highest BCUT2D eigenvalue weighted by Crippen LogP contribution is 2.33. The number of thioether (sulfide) groups is 1. The van der Waals surface area contributed by atoms with Gasteiger partial charge in [0.1, 0.15) is 16.5 Å². The maximum atomic E-state index is 13.2. The Labute approximate surface area is 184 Å². The van der Waals surface area contributed by atoms with Crippen molar-refractivity contribution in [1.29, 1.82) is 0 Å². The summed E-state index contributed by atoms with van der Waals surface area (Å²) in [7, 11) is 1.73. The monoisotopic (exact) mass is 461 g/mol. The van der Waals surface area contributed by atoms with Crippen LogP contribution in [0.15, 0.2) is 61.4 Å². The maximum Gasteiger partial charge on any atom is 0.277 e. The fourth-order valence-electron chi connectivity index (χ4n) is 2.46. The molecule has 2 aromatic heterocycles. The highest BCUT2D eigenvalue weighted by molar-refractivity contribution is 8.14. The normalized spacial score (nSPS) is 15.8. The van der Waals surface area contributed by atoms with Gasteiger partial charge in [0.05, 0.1) is 6.04 Å². The average molecular weight is 462 g/mol. The molecule has 0 spiro atoms. The van der Waals surface area contributed by atoms with Crippen LogP contribution in [0.4, 0.5) is 4.39 Å². The predicted molar refractivity (Wildman–Crippen MR) is 115 cm³/mol. The van der Waals surface area contributed by atoms with Gasteiger partial charge in [0.25, 0.3) is 5.91 Å². The van der Waals surface area contributed by atoms with Crippen LogP contribution in [-0.4, -0.2) is 48.1 Å². The minimum Gasteiger partial charge on any atom is -0.300 e. The molecular formula is C18H16FN7OS3. The molecule has 4 rings (SSSR count). The van der Waals surface area contributed by atoms with Crippen LogP contribution in [0.25, 0.3) is 0 Å². The van der Waals surface area contributed by atoms with Crippen LogP contribution in [-0.2, 0) is 7.05 Å². The van der Waals surface area contributed by atoms with E-state index in [0.29, 0.717) is 20.2 Å². The van der Waals surface area contributed by atoms with Crippen LogP contribution >= 0.6 is 35.3 Å². The van der Waals surface area contributed by atoms with Crippen molar-refractivity contribution in [2.24, 2.45) is 12.0 Å². The molecule has 1 aromatic carbocycles. The van der Waals surface area contributed by atoms with E-state index in [0.717, 1.165) is 10.6 Å². The Hall–Kier alpha value is -2.44. The molecule has 1 amide bonds. The molecule has 0 radical (unpaired) electrons. The second kappa shape index (κ2) is 9.14. The number of amidine groups is 1. The summed E-state index contributed by atoms with van der Waals surface area (Å²) in [5, 5.41) is 15.9. The zero-order valence-corrected chi connectivity index (χ0v) is 18.4. The van der Waals surface area contributed by atoms with Gasteiger partial charge in [0.2, 0.25) is 5.16 Å². The van der Waals surface area contributed by atoms with E-state index < -0.39 is 0 Å². The summed E-state index contributed by atoms with van der Waals surface area (Å²) in [6.45, 7) is 1.99. The largest absolute Gasteiger partial charge is 0.300 e.